The molecule has 0 N–H and O–H groups in total. The number of rotatable bonds is 3. The van der Waals surface area contributed by atoms with E-state index < -0.39 is 0 Å². The Labute approximate surface area is 86.5 Å². The van der Waals surface area contributed by atoms with E-state index in [2.05, 4.69) is 28.7 Å². The van der Waals surface area contributed by atoms with Crippen LogP contribution >= 0.6 is 22.6 Å². The summed E-state index contributed by atoms with van der Waals surface area (Å²) in [6.07, 6.45) is 2.17. The third-order valence-corrected chi connectivity index (χ3v) is 2.48. The number of alkyl halides is 1. The Hall–Kier alpha value is -0.560. The Balaban J connectivity index is 2.77. The molecule has 0 aliphatic heterocycles. The molecule has 0 heterocycles. The normalized spacial score (nSPS) is 9.33. The van der Waals surface area contributed by atoms with E-state index in [0.717, 1.165) is 22.8 Å². The summed E-state index contributed by atoms with van der Waals surface area (Å²) in [7, 11) is 0. The van der Waals surface area contributed by atoms with Crippen molar-refractivity contribution >= 4 is 22.6 Å². The molecule has 2 heteroatoms. The van der Waals surface area contributed by atoms with Crippen LogP contribution in [-0.4, -0.2) is 4.43 Å². The van der Waals surface area contributed by atoms with Gasteiger partial charge in [0.05, 0.1) is 11.6 Å². The molecule has 1 aromatic carbocycles. The second-order valence-corrected chi connectivity index (χ2v) is 3.64. The van der Waals surface area contributed by atoms with Crippen LogP contribution in [0.4, 0.5) is 0 Å². The molecular weight excluding hydrogens is 261 g/mol. The predicted octanol–water partition coefficient (Wildman–Crippen LogP) is 2.93. The summed E-state index contributed by atoms with van der Waals surface area (Å²) < 4.78 is 1.15. The second kappa shape index (κ2) is 5.15. The van der Waals surface area contributed by atoms with Gasteiger partial charge in [0.1, 0.15) is 0 Å². The van der Waals surface area contributed by atoms with Crippen molar-refractivity contribution in [2.75, 3.05) is 4.43 Å². The molecule has 62 valence electrons. The van der Waals surface area contributed by atoms with Gasteiger partial charge in [-0.1, -0.05) is 40.8 Å². The smallest absolute Gasteiger partial charge is 0.0994 e. The number of aryl methyl sites for hydroxylation is 1. The maximum absolute atomic E-state index is 8.77. The van der Waals surface area contributed by atoms with E-state index in [1.54, 1.807) is 0 Å². The van der Waals surface area contributed by atoms with Crippen molar-refractivity contribution in [2.45, 2.75) is 12.8 Å². The molecule has 0 amide bonds. The molecule has 0 saturated heterocycles. The number of halogens is 1. The molecule has 0 saturated carbocycles. The van der Waals surface area contributed by atoms with Crippen molar-refractivity contribution in [3.05, 3.63) is 35.4 Å². The summed E-state index contributed by atoms with van der Waals surface area (Å²) in [5.74, 6) is 0. The first-order valence-corrected chi connectivity index (χ1v) is 5.45. The van der Waals surface area contributed by atoms with Crippen LogP contribution in [0.1, 0.15) is 17.5 Å². The molecule has 0 bridgehead atoms. The highest BCUT2D eigenvalue weighted by atomic mass is 127. The van der Waals surface area contributed by atoms with E-state index in [4.69, 9.17) is 5.26 Å². The van der Waals surface area contributed by atoms with Crippen LogP contribution in [0.25, 0.3) is 0 Å². The molecule has 1 nitrogen and oxygen atoms in total. The molecule has 0 aliphatic rings. The SMILES string of the molecule is N#Cc1ccccc1CCCI. The largest absolute Gasteiger partial charge is 0.192 e. The molecule has 1 aromatic rings. The Morgan fingerprint density at radius 2 is 2.08 bits per heavy atom. The lowest BCUT2D eigenvalue weighted by atomic mass is 10.0. The zero-order valence-corrected chi connectivity index (χ0v) is 8.91. The molecule has 0 radical (unpaired) electrons. The van der Waals surface area contributed by atoms with E-state index in [1.807, 2.05) is 24.3 Å². The third-order valence-electron chi connectivity index (χ3n) is 1.72. The van der Waals surface area contributed by atoms with Gasteiger partial charge in [0, 0.05) is 0 Å². The highest BCUT2D eigenvalue weighted by Crippen LogP contribution is 2.10. The summed E-state index contributed by atoms with van der Waals surface area (Å²) in [5, 5.41) is 8.77. The van der Waals surface area contributed by atoms with Gasteiger partial charge in [0.15, 0.2) is 0 Å². The minimum Gasteiger partial charge on any atom is -0.192 e. The molecule has 0 aliphatic carbocycles. The van der Waals surface area contributed by atoms with Crippen molar-refractivity contribution in [1.82, 2.24) is 0 Å². The minimum absolute atomic E-state index is 0.822. The highest BCUT2D eigenvalue weighted by molar-refractivity contribution is 14.1. The monoisotopic (exact) mass is 271 g/mol. The summed E-state index contributed by atoms with van der Waals surface area (Å²) in [4.78, 5) is 0. The van der Waals surface area contributed by atoms with Crippen LogP contribution < -0.4 is 0 Å². The van der Waals surface area contributed by atoms with Crippen LogP contribution in [-0.2, 0) is 6.42 Å². The lowest BCUT2D eigenvalue weighted by Gasteiger charge is -2.00. The summed E-state index contributed by atoms with van der Waals surface area (Å²) in [6, 6.07) is 10.0. The Morgan fingerprint density at radius 1 is 1.33 bits per heavy atom. The first-order chi connectivity index (χ1) is 5.88. The lowest BCUT2D eigenvalue weighted by molar-refractivity contribution is 0.942. The van der Waals surface area contributed by atoms with E-state index in [1.165, 1.54) is 5.56 Å². The van der Waals surface area contributed by atoms with E-state index >= 15 is 0 Å². The van der Waals surface area contributed by atoms with Crippen LogP contribution in [0.5, 0.6) is 0 Å². The zero-order chi connectivity index (χ0) is 8.81. The summed E-state index contributed by atoms with van der Waals surface area (Å²) in [5.41, 5.74) is 2.00. The maximum atomic E-state index is 8.77. The average molecular weight is 271 g/mol. The summed E-state index contributed by atoms with van der Waals surface area (Å²) in [6.45, 7) is 0. The van der Waals surface area contributed by atoms with Gasteiger partial charge in [-0.3, -0.25) is 0 Å². The minimum atomic E-state index is 0.822. The molecule has 0 fully saturated rings. The number of hydrogen-bond acceptors (Lipinski definition) is 1. The molecule has 1 rings (SSSR count). The van der Waals surface area contributed by atoms with Crippen molar-refractivity contribution in [3.8, 4) is 6.07 Å². The van der Waals surface area contributed by atoms with Gasteiger partial charge >= 0.3 is 0 Å². The van der Waals surface area contributed by atoms with Crippen LogP contribution in [0, 0.1) is 11.3 Å². The topological polar surface area (TPSA) is 23.8 Å². The fourth-order valence-corrected chi connectivity index (χ4v) is 1.49. The molecule has 0 spiro atoms. The van der Waals surface area contributed by atoms with Gasteiger partial charge in [-0.25, -0.2) is 0 Å². The first-order valence-electron chi connectivity index (χ1n) is 3.92. The predicted molar refractivity (Wildman–Crippen MR) is 58.4 cm³/mol. The standard InChI is InChI=1S/C10H10IN/c11-7-3-6-9-4-1-2-5-10(9)8-12/h1-2,4-5H,3,6-7H2. The van der Waals surface area contributed by atoms with Gasteiger partial charge in [-0.2, -0.15) is 5.26 Å². The zero-order valence-electron chi connectivity index (χ0n) is 6.76. The van der Waals surface area contributed by atoms with Gasteiger partial charge in [-0.05, 0) is 28.9 Å². The molecule has 12 heavy (non-hydrogen) atoms. The van der Waals surface area contributed by atoms with Gasteiger partial charge in [0.2, 0.25) is 0 Å². The van der Waals surface area contributed by atoms with E-state index in [-0.39, 0.29) is 0 Å². The van der Waals surface area contributed by atoms with Crippen molar-refractivity contribution in [2.24, 2.45) is 0 Å². The number of hydrogen-bond donors (Lipinski definition) is 0. The number of benzene rings is 1. The first kappa shape index (κ1) is 9.53. The third kappa shape index (κ3) is 2.49. The number of nitriles is 1. The Bertz CT molecular complexity index is 288. The molecular formula is C10H10IN. The van der Waals surface area contributed by atoms with Gasteiger partial charge < -0.3 is 0 Å². The van der Waals surface area contributed by atoms with Gasteiger partial charge in [0.25, 0.3) is 0 Å². The average Bonchev–Trinajstić information content (AvgIpc) is 2.15. The molecule has 0 aromatic heterocycles. The lowest BCUT2D eigenvalue weighted by Crippen LogP contribution is -1.90. The number of nitrogens with zero attached hydrogens (tertiary/aromatic N) is 1. The Morgan fingerprint density at radius 3 is 2.75 bits per heavy atom. The maximum Gasteiger partial charge on any atom is 0.0994 e. The highest BCUT2D eigenvalue weighted by Gasteiger charge is 1.98. The van der Waals surface area contributed by atoms with E-state index in [9.17, 15) is 0 Å². The van der Waals surface area contributed by atoms with Crippen LogP contribution in [0.3, 0.4) is 0 Å². The van der Waals surface area contributed by atoms with Crippen LogP contribution in [0.15, 0.2) is 24.3 Å². The summed E-state index contributed by atoms with van der Waals surface area (Å²) >= 11 is 2.36. The second-order valence-electron chi connectivity index (χ2n) is 2.56. The molecule has 0 unspecified atom stereocenters. The van der Waals surface area contributed by atoms with Crippen LogP contribution in [0.2, 0.25) is 0 Å². The fourth-order valence-electron chi connectivity index (χ4n) is 1.10. The van der Waals surface area contributed by atoms with Crippen molar-refractivity contribution < 1.29 is 0 Å². The molecule has 0 atom stereocenters. The van der Waals surface area contributed by atoms with Crippen molar-refractivity contribution in [3.63, 3.8) is 0 Å². The van der Waals surface area contributed by atoms with E-state index in [0.29, 0.717) is 0 Å². The van der Waals surface area contributed by atoms with Gasteiger partial charge in [-0.15, -0.1) is 0 Å². The Kier molecular flexibility index (Phi) is 4.09. The quantitative estimate of drug-likeness (QED) is 0.612. The fraction of sp³-hybridized carbons (Fsp3) is 0.300. The van der Waals surface area contributed by atoms with Crippen molar-refractivity contribution in [1.29, 1.82) is 5.26 Å².